The van der Waals surface area contributed by atoms with Gasteiger partial charge in [-0.05, 0) is 34.0 Å². The molecule has 0 aromatic carbocycles. The van der Waals surface area contributed by atoms with Crippen LogP contribution in [0.2, 0.25) is 5.02 Å². The van der Waals surface area contributed by atoms with E-state index >= 15 is 0 Å². The molecule has 0 aliphatic rings. The van der Waals surface area contributed by atoms with Crippen LogP contribution in [-0.4, -0.2) is 41.9 Å². The number of likely N-dealkylation sites (N-methyl/N-ethyl adjacent to an activating group) is 1. The Bertz CT molecular complexity index is 335. The summed E-state index contributed by atoms with van der Waals surface area (Å²) in [5.41, 5.74) is 1.09. The number of hydrogen-bond donors (Lipinski definition) is 1. The second kappa shape index (κ2) is 6.99. The molecule has 1 rings (SSSR count). The number of halogens is 1. The van der Waals surface area contributed by atoms with Gasteiger partial charge in [0, 0.05) is 13.1 Å². The van der Waals surface area contributed by atoms with Crippen molar-refractivity contribution < 1.29 is 0 Å². The number of aryl methyl sites for hydroxylation is 1. The summed E-state index contributed by atoms with van der Waals surface area (Å²) in [4.78, 5) is 2.16. The molecule has 0 radical (unpaired) electrons. The summed E-state index contributed by atoms with van der Waals surface area (Å²) in [6, 6.07) is 0.236. The van der Waals surface area contributed by atoms with Gasteiger partial charge < -0.3 is 10.2 Å². The summed E-state index contributed by atoms with van der Waals surface area (Å²) in [6.07, 6.45) is 2.85. The molecule has 0 saturated heterocycles. The average Bonchev–Trinajstić information content (AvgIpc) is 2.65. The zero-order valence-electron chi connectivity index (χ0n) is 11.2. The van der Waals surface area contributed by atoms with Crippen molar-refractivity contribution in [2.75, 3.05) is 27.2 Å². The SMILES string of the molecule is CCCNC(CN(C)C)c1c(Cl)cnn1CC. The van der Waals surface area contributed by atoms with Crippen LogP contribution in [-0.2, 0) is 6.54 Å². The van der Waals surface area contributed by atoms with E-state index in [1.807, 2.05) is 4.68 Å². The molecule has 17 heavy (non-hydrogen) atoms. The lowest BCUT2D eigenvalue weighted by atomic mass is 10.2. The molecular formula is C12H23ClN4. The lowest BCUT2D eigenvalue weighted by molar-refractivity contribution is 0.330. The highest BCUT2D eigenvalue weighted by Gasteiger charge is 2.19. The number of nitrogens with zero attached hydrogens (tertiary/aromatic N) is 3. The second-order valence-corrected chi connectivity index (χ2v) is 4.87. The fourth-order valence-corrected chi connectivity index (χ4v) is 2.17. The minimum Gasteiger partial charge on any atom is -0.308 e. The number of nitrogens with one attached hydrogen (secondary N) is 1. The molecule has 0 amide bonds. The fourth-order valence-electron chi connectivity index (χ4n) is 1.90. The third-order valence-corrected chi connectivity index (χ3v) is 2.94. The standard InChI is InChI=1S/C12H23ClN4/c1-5-7-14-11(9-16(3)4)12-10(13)8-15-17(12)6-2/h8,11,14H,5-7,9H2,1-4H3. The van der Waals surface area contributed by atoms with E-state index in [9.17, 15) is 0 Å². The highest BCUT2D eigenvalue weighted by molar-refractivity contribution is 6.31. The van der Waals surface area contributed by atoms with Crippen LogP contribution in [0.5, 0.6) is 0 Å². The summed E-state index contributed by atoms with van der Waals surface area (Å²) in [5, 5.41) is 8.58. The molecule has 4 nitrogen and oxygen atoms in total. The number of rotatable bonds is 7. The molecule has 0 bridgehead atoms. The fraction of sp³-hybridized carbons (Fsp3) is 0.750. The van der Waals surface area contributed by atoms with Crippen LogP contribution in [0.1, 0.15) is 32.0 Å². The average molecular weight is 259 g/mol. The third kappa shape index (κ3) is 3.98. The van der Waals surface area contributed by atoms with Gasteiger partial charge in [0.1, 0.15) is 0 Å². The Labute approximate surface area is 109 Å². The van der Waals surface area contributed by atoms with Gasteiger partial charge in [0.05, 0.1) is 23.0 Å². The molecule has 98 valence electrons. The van der Waals surface area contributed by atoms with Crippen LogP contribution in [0, 0.1) is 0 Å². The smallest absolute Gasteiger partial charge is 0.0834 e. The summed E-state index contributed by atoms with van der Waals surface area (Å²) < 4.78 is 1.97. The van der Waals surface area contributed by atoms with Gasteiger partial charge in [-0.25, -0.2) is 0 Å². The summed E-state index contributed by atoms with van der Waals surface area (Å²) in [7, 11) is 4.14. The monoisotopic (exact) mass is 258 g/mol. The van der Waals surface area contributed by atoms with E-state index in [4.69, 9.17) is 11.6 Å². The van der Waals surface area contributed by atoms with Crippen molar-refractivity contribution in [3.05, 3.63) is 16.9 Å². The van der Waals surface area contributed by atoms with Crippen molar-refractivity contribution in [3.63, 3.8) is 0 Å². The molecule has 1 aromatic heterocycles. The Hall–Kier alpha value is -0.580. The largest absolute Gasteiger partial charge is 0.308 e. The first-order valence-electron chi connectivity index (χ1n) is 6.19. The third-order valence-electron chi connectivity index (χ3n) is 2.65. The van der Waals surface area contributed by atoms with Gasteiger partial charge in [0.2, 0.25) is 0 Å². The minimum absolute atomic E-state index is 0.236. The van der Waals surface area contributed by atoms with Crippen molar-refractivity contribution in [1.82, 2.24) is 20.0 Å². The normalized spacial score (nSPS) is 13.3. The number of hydrogen-bond acceptors (Lipinski definition) is 3. The van der Waals surface area contributed by atoms with Crippen LogP contribution in [0.3, 0.4) is 0 Å². The first-order valence-corrected chi connectivity index (χ1v) is 6.57. The number of aromatic nitrogens is 2. The van der Waals surface area contributed by atoms with Gasteiger partial charge in [0.25, 0.3) is 0 Å². The van der Waals surface area contributed by atoms with E-state index in [0.717, 1.165) is 36.8 Å². The van der Waals surface area contributed by atoms with Gasteiger partial charge in [-0.15, -0.1) is 0 Å². The lowest BCUT2D eigenvalue weighted by Gasteiger charge is -2.23. The summed E-state index contributed by atoms with van der Waals surface area (Å²) in [6.45, 7) is 7.01. The molecule has 1 unspecified atom stereocenters. The first kappa shape index (κ1) is 14.5. The molecule has 5 heteroatoms. The lowest BCUT2D eigenvalue weighted by Crippen LogP contribution is -2.33. The van der Waals surface area contributed by atoms with Crippen LogP contribution >= 0.6 is 11.6 Å². The minimum atomic E-state index is 0.236. The molecule has 1 N–H and O–H groups in total. The van der Waals surface area contributed by atoms with E-state index in [1.54, 1.807) is 6.20 Å². The Morgan fingerprint density at radius 1 is 1.47 bits per heavy atom. The van der Waals surface area contributed by atoms with Crippen molar-refractivity contribution in [2.45, 2.75) is 32.9 Å². The van der Waals surface area contributed by atoms with Gasteiger partial charge in [-0.1, -0.05) is 18.5 Å². The maximum atomic E-state index is 6.24. The molecule has 1 atom stereocenters. The second-order valence-electron chi connectivity index (χ2n) is 4.46. The molecule has 0 aliphatic heterocycles. The molecule has 1 aromatic rings. The molecule has 0 aliphatic carbocycles. The summed E-state index contributed by atoms with van der Waals surface area (Å²) >= 11 is 6.24. The van der Waals surface area contributed by atoms with Crippen LogP contribution in [0.4, 0.5) is 0 Å². The van der Waals surface area contributed by atoms with Gasteiger partial charge in [0.15, 0.2) is 0 Å². The Kier molecular flexibility index (Phi) is 5.95. The zero-order chi connectivity index (χ0) is 12.8. The molecule has 0 saturated carbocycles. The molecular weight excluding hydrogens is 236 g/mol. The van der Waals surface area contributed by atoms with E-state index in [-0.39, 0.29) is 6.04 Å². The highest BCUT2D eigenvalue weighted by Crippen LogP contribution is 2.23. The zero-order valence-corrected chi connectivity index (χ0v) is 12.0. The van der Waals surface area contributed by atoms with Crippen molar-refractivity contribution in [2.24, 2.45) is 0 Å². The topological polar surface area (TPSA) is 33.1 Å². The van der Waals surface area contributed by atoms with Crippen LogP contribution < -0.4 is 5.32 Å². The quantitative estimate of drug-likeness (QED) is 0.814. The summed E-state index contributed by atoms with van der Waals surface area (Å²) in [5.74, 6) is 0. The first-order chi connectivity index (χ1) is 8.10. The predicted molar refractivity (Wildman–Crippen MR) is 72.5 cm³/mol. The van der Waals surface area contributed by atoms with Crippen molar-refractivity contribution in [3.8, 4) is 0 Å². The van der Waals surface area contributed by atoms with Crippen LogP contribution in [0.25, 0.3) is 0 Å². The van der Waals surface area contributed by atoms with E-state index < -0.39 is 0 Å². The molecule has 0 spiro atoms. The van der Waals surface area contributed by atoms with E-state index in [2.05, 4.69) is 43.3 Å². The van der Waals surface area contributed by atoms with Crippen molar-refractivity contribution >= 4 is 11.6 Å². The van der Waals surface area contributed by atoms with Crippen molar-refractivity contribution in [1.29, 1.82) is 0 Å². The maximum absolute atomic E-state index is 6.24. The maximum Gasteiger partial charge on any atom is 0.0834 e. The van der Waals surface area contributed by atoms with Gasteiger partial charge in [-0.3, -0.25) is 4.68 Å². The van der Waals surface area contributed by atoms with E-state index in [0.29, 0.717) is 0 Å². The van der Waals surface area contributed by atoms with Crippen LogP contribution in [0.15, 0.2) is 6.20 Å². The predicted octanol–water partition coefficient (Wildman–Crippen LogP) is 2.16. The molecule has 1 heterocycles. The van der Waals surface area contributed by atoms with E-state index in [1.165, 1.54) is 0 Å². The van der Waals surface area contributed by atoms with Gasteiger partial charge >= 0.3 is 0 Å². The Balaban J connectivity index is 2.89. The highest BCUT2D eigenvalue weighted by atomic mass is 35.5. The Morgan fingerprint density at radius 2 is 2.18 bits per heavy atom. The Morgan fingerprint density at radius 3 is 2.71 bits per heavy atom. The molecule has 0 fully saturated rings. The van der Waals surface area contributed by atoms with Gasteiger partial charge in [-0.2, -0.15) is 5.10 Å².